The molecule has 0 aliphatic heterocycles. The van der Waals surface area contributed by atoms with Crippen LogP contribution in [0.5, 0.6) is 0 Å². The molecule has 0 aromatic rings. The van der Waals surface area contributed by atoms with E-state index in [4.69, 9.17) is 29.1 Å². The van der Waals surface area contributed by atoms with E-state index in [0.29, 0.717) is 0 Å². The molecule has 6 nitrogen and oxygen atoms in total. The summed E-state index contributed by atoms with van der Waals surface area (Å²) in [6, 6.07) is 0. The van der Waals surface area contributed by atoms with Crippen LogP contribution in [-0.4, -0.2) is 35.1 Å². The van der Waals surface area contributed by atoms with Crippen molar-refractivity contribution in [3.05, 3.63) is 0 Å². The maximum absolute atomic E-state index is 8.74. The van der Waals surface area contributed by atoms with Gasteiger partial charge in [0.25, 0.3) is 0 Å². The van der Waals surface area contributed by atoms with Crippen molar-refractivity contribution in [3.8, 4) is 0 Å². The molecule has 0 aliphatic carbocycles. The van der Waals surface area contributed by atoms with Crippen LogP contribution in [0, 0.1) is 0 Å². The number of carbonyl (C=O) groups is 1. The van der Waals surface area contributed by atoms with Crippen molar-refractivity contribution < 1.29 is 60.0 Å². The fraction of sp³-hybridized carbons (Fsp3) is 0. The van der Waals surface area contributed by atoms with E-state index in [1.54, 1.807) is 0 Å². The fourth-order valence-electron chi connectivity index (χ4n) is 0. The van der Waals surface area contributed by atoms with Crippen LogP contribution in [-0.2, 0) is 4.46 Å². The second-order valence-corrected chi connectivity index (χ2v) is 1.13. The van der Waals surface area contributed by atoms with Gasteiger partial charge in [0.2, 0.25) is 0 Å². The van der Waals surface area contributed by atoms with Crippen molar-refractivity contribution in [2.75, 3.05) is 0 Å². The Hall–Kier alpha value is -0.113. The van der Waals surface area contributed by atoms with Gasteiger partial charge in [0.05, 0.1) is 0 Å². The molecule has 0 atom stereocenters. The Labute approximate surface area is 75.4 Å². The first-order valence-electron chi connectivity index (χ1n) is 1.30. The van der Waals surface area contributed by atoms with Crippen LogP contribution in [0.15, 0.2) is 0 Å². The van der Waals surface area contributed by atoms with E-state index in [9.17, 15) is 0 Å². The Kier molecular flexibility index (Phi) is 19.1. The predicted molar refractivity (Wildman–Crippen MR) is 22.6 cm³/mol. The standard InChI is InChI=1S/CH2O3.Na.H2O3Si.H/c2-1(3)4;;1-4(2)3;/h(H2,2,3,4);;1-2H;/q;+1;;-1. The molecule has 0 heterocycles. The van der Waals surface area contributed by atoms with E-state index in [1.165, 1.54) is 0 Å². The van der Waals surface area contributed by atoms with Gasteiger partial charge in [0.1, 0.15) is 0 Å². The molecule has 0 fully saturated rings. The summed E-state index contributed by atoms with van der Waals surface area (Å²) >= 11 is 0. The fourth-order valence-corrected chi connectivity index (χ4v) is 0. The largest absolute Gasteiger partial charge is 1.00 e. The predicted octanol–water partition coefficient (Wildman–Crippen LogP) is -4.27. The third-order valence-corrected chi connectivity index (χ3v) is 0. The van der Waals surface area contributed by atoms with Gasteiger partial charge in [-0.15, -0.1) is 0 Å². The van der Waals surface area contributed by atoms with Crippen LogP contribution >= 0.6 is 0 Å². The molecule has 0 rings (SSSR count). The zero-order valence-electron chi connectivity index (χ0n) is 5.61. The van der Waals surface area contributed by atoms with Gasteiger partial charge >= 0.3 is 44.9 Å². The van der Waals surface area contributed by atoms with Crippen LogP contribution < -0.4 is 29.6 Å². The number of hydrogen-bond acceptors (Lipinski definition) is 2. The monoisotopic (exact) mass is 164 g/mol. The van der Waals surface area contributed by atoms with Crippen LogP contribution in [0.25, 0.3) is 0 Å². The summed E-state index contributed by atoms with van der Waals surface area (Å²) in [5.74, 6) is 0. The summed E-state index contributed by atoms with van der Waals surface area (Å²) in [5, 5.41) is 13.9. The van der Waals surface area contributed by atoms with Gasteiger partial charge in [0.15, 0.2) is 0 Å². The Bertz CT molecular complexity index is 75.7. The molecule has 0 spiro atoms. The molecular weight excluding hydrogens is 159 g/mol. The molecule has 0 bridgehead atoms. The van der Waals surface area contributed by atoms with E-state index in [-0.39, 0.29) is 31.0 Å². The summed E-state index contributed by atoms with van der Waals surface area (Å²) in [4.78, 5) is 22.9. The third-order valence-electron chi connectivity index (χ3n) is 0. The molecule has 0 saturated carbocycles. The average Bonchev–Trinajstić information content (AvgIpc) is 1.25. The summed E-state index contributed by atoms with van der Waals surface area (Å²) in [7, 11) is -3.13. The SMILES string of the molecule is O=C(O)O.O=[Si](O)O.[H-].[Na+]. The van der Waals surface area contributed by atoms with Crippen molar-refractivity contribution in [1.29, 1.82) is 0 Å². The summed E-state index contributed by atoms with van der Waals surface area (Å²) in [6.45, 7) is 0. The van der Waals surface area contributed by atoms with E-state index >= 15 is 0 Å². The van der Waals surface area contributed by atoms with Crippen molar-refractivity contribution in [1.82, 2.24) is 0 Å². The van der Waals surface area contributed by atoms with Gasteiger partial charge in [-0.3, -0.25) is 4.46 Å². The molecular formula is CH5NaO6Si. The first-order chi connectivity index (χ1) is 3.46. The van der Waals surface area contributed by atoms with Crippen LogP contribution in [0.2, 0.25) is 0 Å². The molecule has 50 valence electrons. The Morgan fingerprint density at radius 3 is 1.33 bits per heavy atom. The normalized spacial score (nSPS) is 5.33. The molecule has 0 radical (unpaired) electrons. The van der Waals surface area contributed by atoms with Crippen molar-refractivity contribution in [2.45, 2.75) is 0 Å². The average molecular weight is 164 g/mol. The van der Waals surface area contributed by atoms with Gasteiger partial charge in [-0.05, 0) is 0 Å². The molecule has 0 aromatic heterocycles. The third kappa shape index (κ3) is 21400. The quantitative estimate of drug-likeness (QED) is 0.269. The molecule has 0 amide bonds. The van der Waals surface area contributed by atoms with E-state index in [1.807, 2.05) is 0 Å². The van der Waals surface area contributed by atoms with Gasteiger partial charge in [-0.1, -0.05) is 0 Å². The molecule has 9 heavy (non-hydrogen) atoms. The molecule has 0 saturated heterocycles. The van der Waals surface area contributed by atoms with E-state index < -0.39 is 15.3 Å². The Balaban J connectivity index is -0.0000000300. The first kappa shape index (κ1) is 16.0. The Morgan fingerprint density at radius 1 is 1.33 bits per heavy atom. The van der Waals surface area contributed by atoms with Gasteiger partial charge < -0.3 is 21.2 Å². The topological polar surface area (TPSA) is 115 Å². The smallest absolute Gasteiger partial charge is 1.00 e. The second kappa shape index (κ2) is 10.8. The molecule has 4 N–H and O–H groups in total. The summed E-state index contributed by atoms with van der Waals surface area (Å²) in [6.07, 6.45) is -1.83. The van der Waals surface area contributed by atoms with Crippen LogP contribution in [0.1, 0.15) is 1.43 Å². The number of hydrogen-bond donors (Lipinski definition) is 4. The minimum absolute atomic E-state index is 0. The van der Waals surface area contributed by atoms with E-state index in [2.05, 4.69) is 0 Å². The Morgan fingerprint density at radius 2 is 1.33 bits per heavy atom. The van der Waals surface area contributed by atoms with E-state index in [0.717, 1.165) is 0 Å². The molecule has 0 aromatic carbocycles. The summed E-state index contributed by atoms with van der Waals surface area (Å²) < 4.78 is 8.74. The van der Waals surface area contributed by atoms with Gasteiger partial charge in [-0.25, -0.2) is 4.79 Å². The zero-order chi connectivity index (χ0) is 7.15. The van der Waals surface area contributed by atoms with Gasteiger partial charge in [-0.2, -0.15) is 0 Å². The molecule has 0 aliphatic rings. The second-order valence-electron chi connectivity index (χ2n) is 0.565. The molecule has 8 heteroatoms. The minimum atomic E-state index is -3.13. The van der Waals surface area contributed by atoms with Crippen molar-refractivity contribution in [3.63, 3.8) is 0 Å². The van der Waals surface area contributed by atoms with Crippen LogP contribution in [0.4, 0.5) is 4.79 Å². The zero-order valence-corrected chi connectivity index (χ0v) is 7.61. The number of rotatable bonds is 0. The van der Waals surface area contributed by atoms with Crippen molar-refractivity contribution in [2.24, 2.45) is 0 Å². The van der Waals surface area contributed by atoms with Gasteiger partial charge in [0, 0.05) is 0 Å². The maximum atomic E-state index is 8.74. The first-order valence-corrected chi connectivity index (χ1v) is 2.61. The number of carboxylic acid groups (broad SMARTS) is 2. The maximum Gasteiger partial charge on any atom is 1.00 e. The minimum Gasteiger partial charge on any atom is -1.00 e. The van der Waals surface area contributed by atoms with Crippen molar-refractivity contribution >= 4 is 15.3 Å². The molecule has 0 unspecified atom stereocenters. The summed E-state index contributed by atoms with van der Waals surface area (Å²) in [5.41, 5.74) is 0. The van der Waals surface area contributed by atoms with Crippen LogP contribution in [0.3, 0.4) is 0 Å².